The Balaban J connectivity index is 0.000000248. The van der Waals surface area contributed by atoms with E-state index in [1.165, 1.54) is 18.6 Å². The number of ether oxygens (including phenoxy) is 1. The van der Waals surface area contributed by atoms with Crippen LogP contribution in [-0.4, -0.2) is 12.7 Å². The summed E-state index contributed by atoms with van der Waals surface area (Å²) in [5.74, 6) is -5.79. The van der Waals surface area contributed by atoms with Crippen LogP contribution in [0.3, 0.4) is 0 Å². The van der Waals surface area contributed by atoms with Crippen LogP contribution in [0.1, 0.15) is 50.2 Å². The van der Waals surface area contributed by atoms with Crippen molar-refractivity contribution in [3.05, 3.63) is 70.6 Å². The van der Waals surface area contributed by atoms with Crippen molar-refractivity contribution in [2.75, 3.05) is 6.61 Å². The molecule has 2 nitrogen and oxygen atoms in total. The van der Waals surface area contributed by atoms with Crippen LogP contribution in [-0.2, 0) is 11.4 Å². The van der Waals surface area contributed by atoms with E-state index >= 15 is 0 Å². The first-order valence-electron chi connectivity index (χ1n) is 11.0. The third-order valence-corrected chi connectivity index (χ3v) is 6.21. The molecule has 0 saturated carbocycles. The van der Waals surface area contributed by atoms with Gasteiger partial charge in [-0.05, 0) is 67.2 Å². The van der Waals surface area contributed by atoms with Gasteiger partial charge in [0, 0.05) is 23.3 Å². The van der Waals surface area contributed by atoms with Gasteiger partial charge in [0.1, 0.15) is 18.3 Å². The fourth-order valence-corrected chi connectivity index (χ4v) is 4.22. The molecule has 9 heteroatoms. The maximum atomic E-state index is 13.7. The van der Waals surface area contributed by atoms with Gasteiger partial charge in [-0.2, -0.15) is 0 Å². The van der Waals surface area contributed by atoms with E-state index in [4.69, 9.17) is 4.74 Å². The molecule has 1 fully saturated rings. The Morgan fingerprint density at radius 1 is 0.912 bits per heavy atom. The Labute approximate surface area is 193 Å². The van der Waals surface area contributed by atoms with Gasteiger partial charge in [-0.25, -0.2) is 26.3 Å². The maximum Gasteiger partial charge on any atom is 0.194 e. The summed E-state index contributed by atoms with van der Waals surface area (Å²) in [6.45, 7) is 1.93. The molecule has 3 unspecified atom stereocenters. The molecule has 0 amide bonds. The highest BCUT2D eigenvalue weighted by Crippen LogP contribution is 2.36. The van der Waals surface area contributed by atoms with Gasteiger partial charge in [0.2, 0.25) is 0 Å². The van der Waals surface area contributed by atoms with E-state index in [-0.39, 0.29) is 0 Å². The second-order valence-electron chi connectivity index (χ2n) is 8.65. The van der Waals surface area contributed by atoms with Crippen molar-refractivity contribution in [3.8, 4) is 5.75 Å². The van der Waals surface area contributed by atoms with E-state index in [0.29, 0.717) is 35.6 Å². The molecule has 1 heterocycles. The van der Waals surface area contributed by atoms with Crippen molar-refractivity contribution in [1.82, 2.24) is 0 Å². The monoisotopic (exact) mass is 490 g/mol. The number of halogens is 7. The standard InChI is InChI=1S/C19H23F3O.C6H2F4O/c1-12-2-7-19(23-11-12)14-5-3-13(4-6-14)15-8-17(21)16(10-20)18(22)9-15;7-4-1-3(11-10)2-5(8)6(4)9/h3,8-9,12,14,19H,2,4-7,10-11H2,1H3;1-2H. The molecule has 1 aliphatic carbocycles. The van der Waals surface area contributed by atoms with Gasteiger partial charge in [0.05, 0.1) is 11.7 Å². The molecule has 4 rings (SSSR count). The van der Waals surface area contributed by atoms with Crippen LogP contribution < -0.4 is 4.94 Å². The summed E-state index contributed by atoms with van der Waals surface area (Å²) in [5, 5.41) is 0. The summed E-state index contributed by atoms with van der Waals surface area (Å²) >= 11 is 0. The van der Waals surface area contributed by atoms with Gasteiger partial charge in [-0.15, -0.1) is 0 Å². The number of hydrogen-bond donors (Lipinski definition) is 0. The van der Waals surface area contributed by atoms with Crippen LogP contribution in [0.4, 0.5) is 30.9 Å². The molecule has 2 aliphatic rings. The van der Waals surface area contributed by atoms with Crippen LogP contribution in [0.2, 0.25) is 0 Å². The molecule has 0 bridgehead atoms. The Hall–Kier alpha value is -2.55. The predicted molar refractivity (Wildman–Crippen MR) is 113 cm³/mol. The Kier molecular flexibility index (Phi) is 8.99. The number of rotatable bonds is 4. The number of hydrogen-bond acceptors (Lipinski definition) is 2. The highest BCUT2D eigenvalue weighted by Gasteiger charge is 2.28. The SMILES string of the molecule is CC1CCC(C2CC=C(c3cc(F)c(CF)c(F)c3)CC2)OC1.FOc1cc(F)c(F)c(F)c1. The highest BCUT2D eigenvalue weighted by atomic mass is 19.3. The molecule has 1 aliphatic heterocycles. The smallest absolute Gasteiger partial charge is 0.194 e. The lowest BCUT2D eigenvalue weighted by Gasteiger charge is -2.34. The zero-order chi connectivity index (χ0) is 24.8. The van der Waals surface area contributed by atoms with Crippen LogP contribution in [0.5, 0.6) is 5.75 Å². The van der Waals surface area contributed by atoms with Crippen molar-refractivity contribution in [2.45, 2.75) is 51.8 Å². The van der Waals surface area contributed by atoms with Crippen LogP contribution >= 0.6 is 0 Å². The van der Waals surface area contributed by atoms with E-state index in [2.05, 4.69) is 17.9 Å². The first-order valence-corrected chi connectivity index (χ1v) is 11.0. The molecule has 0 aromatic heterocycles. The minimum Gasteiger partial charge on any atom is -0.378 e. The molecule has 0 spiro atoms. The largest absolute Gasteiger partial charge is 0.378 e. The summed E-state index contributed by atoms with van der Waals surface area (Å²) in [6.07, 6.45) is 7.32. The summed E-state index contributed by atoms with van der Waals surface area (Å²) < 4.78 is 93.7. The van der Waals surface area contributed by atoms with Crippen molar-refractivity contribution in [1.29, 1.82) is 0 Å². The van der Waals surface area contributed by atoms with Gasteiger partial charge < -0.3 is 4.74 Å². The average Bonchev–Trinajstić information content (AvgIpc) is 2.83. The Bertz CT molecular complexity index is 970. The van der Waals surface area contributed by atoms with E-state index < -0.39 is 47.1 Å². The quantitative estimate of drug-likeness (QED) is 0.322. The molecule has 34 heavy (non-hydrogen) atoms. The van der Waals surface area contributed by atoms with Gasteiger partial charge in [-0.3, -0.25) is 4.94 Å². The van der Waals surface area contributed by atoms with Gasteiger partial charge >= 0.3 is 0 Å². The minimum atomic E-state index is -1.65. The lowest BCUT2D eigenvalue weighted by Crippen LogP contribution is -2.31. The van der Waals surface area contributed by atoms with Crippen molar-refractivity contribution in [2.24, 2.45) is 11.8 Å². The van der Waals surface area contributed by atoms with Crippen LogP contribution in [0.15, 0.2) is 30.3 Å². The summed E-state index contributed by atoms with van der Waals surface area (Å²) in [7, 11) is 0. The number of benzene rings is 2. The molecule has 186 valence electrons. The van der Waals surface area contributed by atoms with E-state index in [1.54, 1.807) is 0 Å². The third kappa shape index (κ3) is 6.31. The van der Waals surface area contributed by atoms with Crippen LogP contribution in [0.25, 0.3) is 5.57 Å². The van der Waals surface area contributed by atoms with Gasteiger partial charge in [0.15, 0.2) is 23.2 Å². The molecule has 3 atom stereocenters. The fraction of sp³-hybridized carbons (Fsp3) is 0.440. The lowest BCUT2D eigenvalue weighted by molar-refractivity contribution is -0.0448. The first-order chi connectivity index (χ1) is 16.2. The number of allylic oxidation sites excluding steroid dienone is 2. The van der Waals surface area contributed by atoms with E-state index in [1.807, 2.05) is 0 Å². The summed E-state index contributed by atoms with van der Waals surface area (Å²) in [5.41, 5.74) is 1.01. The van der Waals surface area contributed by atoms with Crippen molar-refractivity contribution in [3.63, 3.8) is 0 Å². The maximum absolute atomic E-state index is 13.7. The topological polar surface area (TPSA) is 18.5 Å². The third-order valence-electron chi connectivity index (χ3n) is 6.21. The highest BCUT2D eigenvalue weighted by molar-refractivity contribution is 5.66. The zero-order valence-electron chi connectivity index (χ0n) is 18.5. The van der Waals surface area contributed by atoms with Crippen molar-refractivity contribution >= 4 is 5.57 Å². The van der Waals surface area contributed by atoms with Crippen LogP contribution in [0, 0.1) is 40.9 Å². The molecule has 1 saturated heterocycles. The average molecular weight is 490 g/mol. The fourth-order valence-electron chi connectivity index (χ4n) is 4.22. The second kappa shape index (κ2) is 11.7. The molecular formula is C25H25F7O2. The molecule has 0 radical (unpaired) electrons. The summed E-state index contributed by atoms with van der Waals surface area (Å²) in [4.78, 5) is 2.98. The van der Waals surface area contributed by atoms with E-state index in [0.717, 1.165) is 37.9 Å². The molecule has 0 N–H and O–H groups in total. The van der Waals surface area contributed by atoms with Crippen molar-refractivity contribution < 1.29 is 40.5 Å². The zero-order valence-corrected chi connectivity index (χ0v) is 18.5. The van der Waals surface area contributed by atoms with Gasteiger partial charge in [0.25, 0.3) is 0 Å². The Morgan fingerprint density at radius 3 is 2.03 bits per heavy atom. The molecular weight excluding hydrogens is 465 g/mol. The molecule has 2 aromatic rings. The predicted octanol–water partition coefficient (Wildman–Crippen LogP) is 7.80. The number of alkyl halides is 1. The second-order valence-corrected chi connectivity index (χ2v) is 8.65. The first kappa shape index (κ1) is 26.1. The Morgan fingerprint density at radius 2 is 1.56 bits per heavy atom. The minimum absolute atomic E-state index is 0.311. The lowest BCUT2D eigenvalue weighted by atomic mass is 9.80. The van der Waals surface area contributed by atoms with Gasteiger partial charge in [-0.1, -0.05) is 13.0 Å². The van der Waals surface area contributed by atoms with E-state index in [9.17, 15) is 30.9 Å². The molecule has 2 aromatic carbocycles. The normalized spacial score (nSPS) is 22.5. The summed E-state index contributed by atoms with van der Waals surface area (Å²) in [6, 6.07) is 3.31.